The number of para-hydroxylation sites is 2. The maximum Gasteiger partial charge on any atom is 0.282 e. The Morgan fingerprint density at radius 3 is 1.76 bits per heavy atom. The third kappa shape index (κ3) is 6.25. The first-order valence-electron chi connectivity index (χ1n) is 16.0. The van der Waals surface area contributed by atoms with Gasteiger partial charge < -0.3 is 10.6 Å². The zero-order valence-electron chi connectivity index (χ0n) is 27.0. The molecule has 8 nitrogen and oxygen atoms in total. The van der Waals surface area contributed by atoms with Gasteiger partial charge in [-0.1, -0.05) is 36.4 Å². The average Bonchev–Trinajstić information content (AvgIpc) is 4.01. The lowest BCUT2D eigenvalue weighted by molar-refractivity contribution is 0.0999. The summed E-state index contributed by atoms with van der Waals surface area (Å²) in [6.45, 7) is 0. The molecule has 15 heteroatoms. The van der Waals surface area contributed by atoms with E-state index in [-0.39, 0.29) is 28.4 Å². The first-order valence-corrected chi connectivity index (χ1v) is 16.0. The fraction of sp³-hybridized carbons (Fsp3) is 0.278. The molecule has 2 atom stereocenters. The minimum Gasteiger partial charge on any atom is -0.322 e. The number of benzene rings is 3. The van der Waals surface area contributed by atoms with Crippen molar-refractivity contribution in [2.75, 3.05) is 10.6 Å². The first kappa shape index (κ1) is 34.0. The molecule has 0 aliphatic heterocycles. The fourth-order valence-corrected chi connectivity index (χ4v) is 6.86. The van der Waals surface area contributed by atoms with Gasteiger partial charge >= 0.3 is 0 Å². The van der Waals surface area contributed by atoms with E-state index in [0.717, 1.165) is 34.2 Å². The van der Waals surface area contributed by atoms with Gasteiger partial charge in [-0.05, 0) is 72.4 Å². The molecule has 0 radical (unpaired) electrons. The van der Waals surface area contributed by atoms with E-state index in [0.29, 0.717) is 29.7 Å². The largest absolute Gasteiger partial charge is 0.322 e. The summed E-state index contributed by atoms with van der Waals surface area (Å²) in [6.07, 6.45) is -3.39. The molecule has 2 aromatic heterocycles. The van der Waals surface area contributed by atoms with Crippen molar-refractivity contribution in [1.29, 1.82) is 0 Å². The van der Waals surface area contributed by atoms with E-state index in [1.807, 2.05) is 12.1 Å². The van der Waals surface area contributed by atoms with Crippen LogP contribution in [0.4, 0.5) is 42.1 Å². The van der Waals surface area contributed by atoms with Crippen LogP contribution in [0.25, 0.3) is 22.5 Å². The molecule has 2 aliphatic carbocycles. The van der Waals surface area contributed by atoms with Gasteiger partial charge in [0, 0.05) is 31.0 Å². The van der Waals surface area contributed by atoms with Crippen LogP contribution in [0.1, 0.15) is 75.7 Å². The van der Waals surface area contributed by atoms with Crippen LogP contribution in [0.5, 0.6) is 0 Å². The second kappa shape index (κ2) is 13.0. The van der Waals surface area contributed by atoms with Crippen molar-refractivity contribution in [3.05, 3.63) is 106 Å². The maximum atomic E-state index is 14.5. The predicted molar refractivity (Wildman–Crippen MR) is 173 cm³/mol. The lowest BCUT2D eigenvalue weighted by atomic mass is 10.0. The molecule has 5 aromatic rings. The molecular weight excluding hydrogens is 681 g/mol. The van der Waals surface area contributed by atoms with E-state index in [1.165, 1.54) is 38.4 Å². The van der Waals surface area contributed by atoms with Crippen LogP contribution in [-0.4, -0.2) is 31.4 Å². The number of rotatable bonds is 10. The molecule has 0 saturated heterocycles. The summed E-state index contributed by atoms with van der Waals surface area (Å²) in [7, 11) is 2.42. The lowest BCUT2D eigenvalue weighted by Gasteiger charge is -2.15. The van der Waals surface area contributed by atoms with Gasteiger partial charge in [-0.15, -0.1) is 0 Å². The number of hydrogen-bond acceptors (Lipinski definition) is 4. The SMILES string of the molecule is Cn1nc(C(F)F)c(C(=O)Nc2ccccc2-c2cc(F)c(F)c(F)c2)c1-c1c(C(=O)Nc2ccccc2C2CC2C2CC2)c(C(F)F)nn1C. The van der Waals surface area contributed by atoms with Crippen molar-refractivity contribution in [3.8, 4) is 22.5 Å². The molecule has 2 unspecified atom stereocenters. The number of aromatic nitrogens is 4. The zero-order valence-corrected chi connectivity index (χ0v) is 27.0. The van der Waals surface area contributed by atoms with Crippen molar-refractivity contribution in [2.24, 2.45) is 25.9 Å². The number of carbonyl (C=O) groups excluding carboxylic acids is 2. The fourth-order valence-electron chi connectivity index (χ4n) is 6.86. The van der Waals surface area contributed by atoms with Gasteiger partial charge in [0.2, 0.25) is 0 Å². The van der Waals surface area contributed by atoms with Crippen LogP contribution < -0.4 is 10.6 Å². The second-order valence-electron chi connectivity index (χ2n) is 12.7. The van der Waals surface area contributed by atoms with Crippen LogP contribution in [0.2, 0.25) is 0 Å². The van der Waals surface area contributed by atoms with E-state index in [4.69, 9.17) is 0 Å². The second-order valence-corrected chi connectivity index (χ2v) is 12.7. The summed E-state index contributed by atoms with van der Waals surface area (Å²) >= 11 is 0. The quantitative estimate of drug-likeness (QED) is 0.112. The summed E-state index contributed by atoms with van der Waals surface area (Å²) in [5, 5.41) is 12.9. The Bertz CT molecular complexity index is 2170. The molecule has 2 heterocycles. The molecule has 2 N–H and O–H groups in total. The van der Waals surface area contributed by atoms with E-state index >= 15 is 0 Å². The van der Waals surface area contributed by atoms with Crippen LogP contribution in [0, 0.1) is 29.3 Å². The molecule has 0 spiro atoms. The normalized spacial score (nSPS) is 16.9. The Morgan fingerprint density at radius 1 is 0.745 bits per heavy atom. The number of nitrogens with one attached hydrogen (secondary N) is 2. The van der Waals surface area contributed by atoms with Gasteiger partial charge in [0.1, 0.15) is 22.8 Å². The van der Waals surface area contributed by atoms with E-state index in [2.05, 4.69) is 20.8 Å². The monoisotopic (exact) mass is 710 g/mol. The van der Waals surface area contributed by atoms with Gasteiger partial charge in [0.05, 0.1) is 11.1 Å². The molecule has 7 rings (SSSR count). The molecule has 264 valence electrons. The topological polar surface area (TPSA) is 93.8 Å². The zero-order chi connectivity index (χ0) is 36.3. The van der Waals surface area contributed by atoms with Crippen LogP contribution >= 0.6 is 0 Å². The number of carbonyl (C=O) groups is 2. The molecule has 3 aromatic carbocycles. The van der Waals surface area contributed by atoms with E-state index in [1.54, 1.807) is 12.1 Å². The Balaban J connectivity index is 1.30. The highest BCUT2D eigenvalue weighted by molar-refractivity contribution is 6.14. The van der Waals surface area contributed by atoms with Crippen LogP contribution in [0.3, 0.4) is 0 Å². The summed E-state index contributed by atoms with van der Waals surface area (Å²) in [5.41, 5.74) is -3.20. The van der Waals surface area contributed by atoms with Crippen molar-refractivity contribution in [2.45, 2.75) is 38.0 Å². The van der Waals surface area contributed by atoms with Crippen LogP contribution in [0.15, 0.2) is 60.7 Å². The summed E-state index contributed by atoms with van der Waals surface area (Å²) in [4.78, 5) is 28.0. The highest BCUT2D eigenvalue weighted by atomic mass is 19.3. The summed E-state index contributed by atoms with van der Waals surface area (Å²) in [5.74, 6) is -5.62. The number of anilines is 2. The van der Waals surface area contributed by atoms with Gasteiger partial charge in [-0.2, -0.15) is 10.2 Å². The Hall–Kier alpha value is -5.47. The van der Waals surface area contributed by atoms with Crippen molar-refractivity contribution in [1.82, 2.24) is 19.6 Å². The third-order valence-electron chi connectivity index (χ3n) is 9.39. The van der Waals surface area contributed by atoms with E-state index < -0.39 is 70.3 Å². The maximum absolute atomic E-state index is 14.5. The molecule has 2 saturated carbocycles. The Labute approximate surface area is 286 Å². The Morgan fingerprint density at radius 2 is 1.24 bits per heavy atom. The third-order valence-corrected chi connectivity index (χ3v) is 9.39. The summed E-state index contributed by atoms with van der Waals surface area (Å²) in [6, 6.07) is 14.0. The van der Waals surface area contributed by atoms with Crippen LogP contribution in [-0.2, 0) is 14.1 Å². The summed E-state index contributed by atoms with van der Waals surface area (Å²) < 4.78 is 102. The minimum absolute atomic E-state index is 0.00604. The Kier molecular flexibility index (Phi) is 8.67. The average molecular weight is 711 g/mol. The number of amides is 2. The molecule has 51 heavy (non-hydrogen) atoms. The molecular formula is C36H29F7N6O2. The molecule has 2 amide bonds. The number of aryl methyl sites for hydroxylation is 2. The lowest BCUT2D eigenvalue weighted by Crippen LogP contribution is -2.19. The highest BCUT2D eigenvalue weighted by Crippen LogP contribution is 2.60. The minimum atomic E-state index is -3.34. The number of halogens is 7. The van der Waals surface area contributed by atoms with Gasteiger partial charge in [0.25, 0.3) is 24.7 Å². The van der Waals surface area contributed by atoms with Crippen molar-refractivity contribution < 1.29 is 40.3 Å². The molecule has 2 fully saturated rings. The number of nitrogens with zero attached hydrogens (tertiary/aromatic N) is 4. The van der Waals surface area contributed by atoms with Gasteiger partial charge in [-0.3, -0.25) is 19.0 Å². The van der Waals surface area contributed by atoms with Gasteiger partial charge in [-0.25, -0.2) is 30.7 Å². The number of hydrogen-bond donors (Lipinski definition) is 2. The van der Waals surface area contributed by atoms with Gasteiger partial charge in [0.15, 0.2) is 17.5 Å². The standard InChI is InChI=1S/C36H29F7N6O2/c1-48-31(26(29(46-48)33(40)41)35(50)44-24-9-5-3-7-18(24)17-13-22(37)28(39)23(38)14-17)32-27(30(34(42)43)47-49(32)2)36(51)45-25-10-6-4-8-19(25)21-15-20(21)16-11-12-16/h3-10,13-14,16,20-21,33-34H,11-12,15H2,1-2H3,(H,44,50)(H,45,51). The number of alkyl halides is 4. The molecule has 2 aliphatic rings. The predicted octanol–water partition coefficient (Wildman–Crippen LogP) is 8.80. The van der Waals surface area contributed by atoms with Crippen molar-refractivity contribution in [3.63, 3.8) is 0 Å². The highest BCUT2D eigenvalue weighted by Gasteiger charge is 2.48. The smallest absolute Gasteiger partial charge is 0.282 e. The molecule has 0 bridgehead atoms. The van der Waals surface area contributed by atoms with Crippen molar-refractivity contribution >= 4 is 23.2 Å². The van der Waals surface area contributed by atoms with E-state index in [9.17, 15) is 40.3 Å². The first-order chi connectivity index (χ1) is 24.3.